The highest BCUT2D eigenvalue weighted by atomic mass is 15.0. The van der Waals surface area contributed by atoms with E-state index >= 15 is 0 Å². The van der Waals surface area contributed by atoms with E-state index in [1.165, 1.54) is 10.9 Å². The zero-order chi connectivity index (χ0) is 29.3. The predicted octanol–water partition coefficient (Wildman–Crippen LogP) is 9.91. The summed E-state index contributed by atoms with van der Waals surface area (Å²) in [6, 6.07) is 52.1. The van der Waals surface area contributed by atoms with E-state index < -0.39 is 0 Å². The van der Waals surface area contributed by atoms with Crippen LogP contribution in [-0.2, 0) is 0 Å². The quantitative estimate of drug-likeness (QED) is 0.196. The van der Waals surface area contributed by atoms with Gasteiger partial charge in [-0.05, 0) is 33.7 Å². The van der Waals surface area contributed by atoms with Crippen LogP contribution in [0.5, 0.6) is 0 Å². The number of pyridine rings is 1. The molecule has 44 heavy (non-hydrogen) atoms. The molecular formula is C40H26N4. The van der Waals surface area contributed by atoms with E-state index in [0.29, 0.717) is 17.5 Å². The second-order valence-electron chi connectivity index (χ2n) is 10.8. The monoisotopic (exact) mass is 562 g/mol. The molecule has 2 aromatic heterocycles. The molecule has 0 atom stereocenters. The van der Waals surface area contributed by atoms with Crippen molar-refractivity contribution in [3.8, 4) is 56.4 Å². The second kappa shape index (κ2) is 11.0. The van der Waals surface area contributed by atoms with Gasteiger partial charge in [-0.15, -0.1) is 0 Å². The first kappa shape index (κ1) is 25.7. The number of benzene rings is 6. The van der Waals surface area contributed by atoms with Crippen LogP contribution in [0.2, 0.25) is 0 Å². The van der Waals surface area contributed by atoms with E-state index in [2.05, 4.69) is 109 Å². The Labute approximate surface area is 255 Å². The van der Waals surface area contributed by atoms with Gasteiger partial charge in [0, 0.05) is 33.7 Å². The maximum absolute atomic E-state index is 4.94. The topological polar surface area (TPSA) is 51.6 Å². The summed E-state index contributed by atoms with van der Waals surface area (Å²) in [6.07, 6.45) is 1.95. The summed E-state index contributed by atoms with van der Waals surface area (Å²) in [5.74, 6) is 1.93. The molecule has 0 aliphatic rings. The van der Waals surface area contributed by atoms with Crippen LogP contribution in [0.15, 0.2) is 158 Å². The molecule has 0 fully saturated rings. The van der Waals surface area contributed by atoms with E-state index in [0.717, 1.165) is 49.7 Å². The molecule has 2 heterocycles. The molecule has 0 N–H and O–H groups in total. The van der Waals surface area contributed by atoms with Crippen LogP contribution in [0.3, 0.4) is 0 Å². The van der Waals surface area contributed by atoms with Crippen LogP contribution in [0.25, 0.3) is 78.1 Å². The fourth-order valence-electron chi connectivity index (χ4n) is 5.64. The maximum atomic E-state index is 4.94. The first-order valence-corrected chi connectivity index (χ1v) is 14.6. The van der Waals surface area contributed by atoms with E-state index in [-0.39, 0.29) is 0 Å². The van der Waals surface area contributed by atoms with Crippen molar-refractivity contribution in [3.63, 3.8) is 0 Å². The fourth-order valence-corrected chi connectivity index (χ4v) is 5.64. The summed E-state index contributed by atoms with van der Waals surface area (Å²) in [4.78, 5) is 19.5. The summed E-state index contributed by atoms with van der Waals surface area (Å²) in [7, 11) is 0. The molecule has 4 nitrogen and oxygen atoms in total. The van der Waals surface area contributed by atoms with E-state index in [1.54, 1.807) is 0 Å². The third-order valence-electron chi connectivity index (χ3n) is 7.99. The van der Waals surface area contributed by atoms with Gasteiger partial charge in [0.25, 0.3) is 0 Å². The van der Waals surface area contributed by atoms with E-state index in [1.807, 2.05) is 48.7 Å². The summed E-state index contributed by atoms with van der Waals surface area (Å²) >= 11 is 0. The van der Waals surface area contributed by atoms with Gasteiger partial charge in [-0.3, -0.25) is 4.98 Å². The Hall–Kier alpha value is -6.00. The first-order valence-electron chi connectivity index (χ1n) is 14.6. The van der Waals surface area contributed by atoms with E-state index in [4.69, 9.17) is 19.9 Å². The standard InChI is InChI=1S/C40H26N4/c1-3-9-27(10-4-1)28-15-19-31(20-16-28)39-42-38(30-11-5-2-6-12-30)43-40(44-39)32-21-17-29(18-22-32)33-23-24-36-35-14-8-7-13-34(35)26-41-37(36)25-33/h1-26H. The average Bonchev–Trinajstić information content (AvgIpc) is 3.12. The summed E-state index contributed by atoms with van der Waals surface area (Å²) in [5.41, 5.74) is 8.37. The highest BCUT2D eigenvalue weighted by molar-refractivity contribution is 6.06. The highest BCUT2D eigenvalue weighted by Gasteiger charge is 2.13. The SMILES string of the molecule is c1ccc(-c2ccc(-c3nc(-c4ccccc4)nc(-c4ccc(-c5ccc6c(c5)ncc5ccccc56)cc4)n3)cc2)cc1. The minimum atomic E-state index is 0.638. The summed E-state index contributed by atoms with van der Waals surface area (Å²) in [6.45, 7) is 0. The van der Waals surface area contributed by atoms with Crippen molar-refractivity contribution < 1.29 is 0 Å². The van der Waals surface area contributed by atoms with Crippen LogP contribution in [-0.4, -0.2) is 19.9 Å². The van der Waals surface area contributed by atoms with Gasteiger partial charge in [-0.2, -0.15) is 0 Å². The molecule has 8 aromatic rings. The molecule has 0 amide bonds. The Balaban J connectivity index is 1.16. The molecule has 0 aliphatic heterocycles. The van der Waals surface area contributed by atoms with Crippen molar-refractivity contribution in [3.05, 3.63) is 158 Å². The Kier molecular flexibility index (Phi) is 6.43. The molecule has 0 saturated heterocycles. The first-order chi connectivity index (χ1) is 21.8. The van der Waals surface area contributed by atoms with Crippen LogP contribution in [0.1, 0.15) is 0 Å². The third kappa shape index (κ3) is 4.89. The average molecular weight is 563 g/mol. The minimum absolute atomic E-state index is 0.638. The lowest BCUT2D eigenvalue weighted by Crippen LogP contribution is -2.00. The Morgan fingerprint density at radius 2 is 0.750 bits per heavy atom. The van der Waals surface area contributed by atoms with Crippen LogP contribution in [0.4, 0.5) is 0 Å². The van der Waals surface area contributed by atoms with Crippen LogP contribution >= 0.6 is 0 Å². The zero-order valence-electron chi connectivity index (χ0n) is 23.8. The molecule has 4 heteroatoms. The van der Waals surface area contributed by atoms with Gasteiger partial charge in [-0.25, -0.2) is 15.0 Å². The Morgan fingerprint density at radius 1 is 0.318 bits per heavy atom. The molecule has 0 bridgehead atoms. The third-order valence-corrected chi connectivity index (χ3v) is 7.99. The highest BCUT2D eigenvalue weighted by Crippen LogP contribution is 2.31. The van der Waals surface area contributed by atoms with Gasteiger partial charge in [0.1, 0.15) is 0 Å². The van der Waals surface area contributed by atoms with Crippen molar-refractivity contribution in [2.24, 2.45) is 0 Å². The zero-order valence-corrected chi connectivity index (χ0v) is 23.8. The van der Waals surface area contributed by atoms with Gasteiger partial charge < -0.3 is 0 Å². The molecule has 0 radical (unpaired) electrons. The second-order valence-corrected chi connectivity index (χ2v) is 10.8. The molecule has 6 aromatic carbocycles. The van der Waals surface area contributed by atoms with Gasteiger partial charge in [0.2, 0.25) is 0 Å². The van der Waals surface area contributed by atoms with Crippen molar-refractivity contribution in [2.45, 2.75) is 0 Å². The van der Waals surface area contributed by atoms with Crippen molar-refractivity contribution in [1.29, 1.82) is 0 Å². The number of hydrogen-bond acceptors (Lipinski definition) is 4. The Morgan fingerprint density at radius 3 is 1.36 bits per heavy atom. The van der Waals surface area contributed by atoms with Crippen LogP contribution < -0.4 is 0 Å². The predicted molar refractivity (Wildman–Crippen MR) is 180 cm³/mol. The maximum Gasteiger partial charge on any atom is 0.164 e. The lowest BCUT2D eigenvalue weighted by atomic mass is 10.00. The fraction of sp³-hybridized carbons (Fsp3) is 0. The molecule has 0 saturated carbocycles. The van der Waals surface area contributed by atoms with Crippen LogP contribution in [0, 0.1) is 0 Å². The molecule has 8 rings (SSSR count). The van der Waals surface area contributed by atoms with Gasteiger partial charge in [0.15, 0.2) is 17.5 Å². The van der Waals surface area contributed by atoms with Gasteiger partial charge in [0.05, 0.1) is 5.52 Å². The molecule has 0 unspecified atom stereocenters. The lowest BCUT2D eigenvalue weighted by Gasteiger charge is -2.10. The minimum Gasteiger partial charge on any atom is -0.256 e. The normalized spacial score (nSPS) is 11.2. The number of aromatic nitrogens is 4. The number of hydrogen-bond donors (Lipinski definition) is 0. The number of fused-ring (bicyclic) bond motifs is 3. The van der Waals surface area contributed by atoms with E-state index in [9.17, 15) is 0 Å². The van der Waals surface area contributed by atoms with Crippen molar-refractivity contribution in [2.75, 3.05) is 0 Å². The number of rotatable bonds is 5. The summed E-state index contributed by atoms with van der Waals surface area (Å²) in [5, 5.41) is 3.52. The molecular weight excluding hydrogens is 536 g/mol. The number of nitrogens with zero attached hydrogens (tertiary/aromatic N) is 4. The smallest absolute Gasteiger partial charge is 0.164 e. The molecule has 0 spiro atoms. The van der Waals surface area contributed by atoms with Crippen molar-refractivity contribution >= 4 is 21.7 Å². The lowest BCUT2D eigenvalue weighted by molar-refractivity contribution is 1.07. The Bertz CT molecular complexity index is 2240. The largest absolute Gasteiger partial charge is 0.256 e. The summed E-state index contributed by atoms with van der Waals surface area (Å²) < 4.78 is 0. The van der Waals surface area contributed by atoms with Gasteiger partial charge >= 0.3 is 0 Å². The molecule has 206 valence electrons. The molecule has 0 aliphatic carbocycles. The van der Waals surface area contributed by atoms with Gasteiger partial charge in [-0.1, -0.05) is 146 Å². The van der Waals surface area contributed by atoms with Crippen molar-refractivity contribution in [1.82, 2.24) is 19.9 Å².